The van der Waals surface area contributed by atoms with Gasteiger partial charge in [-0.25, -0.2) is 0 Å². The predicted octanol–water partition coefficient (Wildman–Crippen LogP) is 5.84. The molecule has 0 amide bonds. The van der Waals surface area contributed by atoms with Crippen molar-refractivity contribution >= 4 is 0 Å². The zero-order chi connectivity index (χ0) is 21.5. The minimum Gasteiger partial charge on any atom is -0.349 e. The van der Waals surface area contributed by atoms with Crippen LogP contribution in [0.25, 0.3) is 0 Å². The van der Waals surface area contributed by atoms with Gasteiger partial charge in [-0.3, -0.25) is 4.84 Å². The smallest absolute Gasteiger partial charge is 0.171 e. The second kappa shape index (κ2) is 8.05. The van der Waals surface area contributed by atoms with E-state index in [-0.39, 0.29) is 16.5 Å². The van der Waals surface area contributed by atoms with Crippen LogP contribution in [-0.4, -0.2) is 41.7 Å². The Kier molecular flexibility index (Phi) is 5.91. The quantitative estimate of drug-likeness (QED) is 0.580. The maximum Gasteiger partial charge on any atom is 0.171 e. The van der Waals surface area contributed by atoms with Crippen LogP contribution in [0.3, 0.4) is 0 Å². The Balaban J connectivity index is 1.43. The van der Waals surface area contributed by atoms with Crippen molar-refractivity contribution < 1.29 is 14.3 Å². The molecule has 4 heteroatoms. The summed E-state index contributed by atoms with van der Waals surface area (Å²) in [5.74, 6) is -0.167. The van der Waals surface area contributed by atoms with Gasteiger partial charge in [-0.05, 0) is 52.5 Å². The number of nitrogens with zero attached hydrogens (tertiary/aromatic N) is 1. The Bertz CT molecular complexity index is 727. The fourth-order valence-corrected chi connectivity index (χ4v) is 5.82. The number of hydrogen-bond donors (Lipinski definition) is 0. The molecule has 1 aromatic rings. The number of benzene rings is 1. The van der Waals surface area contributed by atoms with Crippen LogP contribution in [0.4, 0.5) is 0 Å². The molecular formula is C26H39NO3. The van der Waals surface area contributed by atoms with Gasteiger partial charge in [-0.1, -0.05) is 49.4 Å². The van der Waals surface area contributed by atoms with Gasteiger partial charge in [0.05, 0.1) is 19.8 Å². The van der Waals surface area contributed by atoms with E-state index in [2.05, 4.69) is 82.2 Å². The van der Waals surface area contributed by atoms with Gasteiger partial charge in [0.1, 0.15) is 0 Å². The number of hydroxylamine groups is 2. The molecule has 2 saturated heterocycles. The van der Waals surface area contributed by atoms with Gasteiger partial charge >= 0.3 is 0 Å². The molecule has 3 aliphatic rings. The minimum atomic E-state index is -0.510. The first-order chi connectivity index (χ1) is 14.2. The number of hydrogen-bond acceptors (Lipinski definition) is 4. The van der Waals surface area contributed by atoms with Crippen molar-refractivity contribution in [3.63, 3.8) is 0 Å². The van der Waals surface area contributed by atoms with Crippen molar-refractivity contribution in [2.45, 2.75) is 89.5 Å². The molecule has 2 fully saturated rings. The molecule has 2 spiro atoms. The summed E-state index contributed by atoms with van der Waals surface area (Å²) in [7, 11) is 0. The summed E-state index contributed by atoms with van der Waals surface area (Å²) in [4.78, 5) is 6.49. The molecule has 2 heterocycles. The highest BCUT2D eigenvalue weighted by molar-refractivity contribution is 5.18. The summed E-state index contributed by atoms with van der Waals surface area (Å²) in [6, 6.07) is 10.6. The first-order valence-corrected chi connectivity index (χ1v) is 11.6. The molecule has 0 N–H and O–H groups in total. The van der Waals surface area contributed by atoms with E-state index in [9.17, 15) is 0 Å². The van der Waals surface area contributed by atoms with Crippen LogP contribution in [0.5, 0.6) is 0 Å². The van der Waals surface area contributed by atoms with E-state index in [1.165, 1.54) is 12.0 Å². The van der Waals surface area contributed by atoms with Crippen LogP contribution in [0.1, 0.15) is 78.2 Å². The van der Waals surface area contributed by atoms with Crippen molar-refractivity contribution in [3.05, 3.63) is 48.0 Å². The summed E-state index contributed by atoms with van der Waals surface area (Å²) >= 11 is 0. The van der Waals surface area contributed by atoms with Crippen LogP contribution < -0.4 is 0 Å². The Morgan fingerprint density at radius 3 is 2.17 bits per heavy atom. The molecular weight excluding hydrogens is 374 g/mol. The summed E-state index contributed by atoms with van der Waals surface area (Å²) in [6.45, 7) is 13.5. The van der Waals surface area contributed by atoms with E-state index < -0.39 is 5.79 Å². The van der Waals surface area contributed by atoms with Crippen LogP contribution in [0.15, 0.2) is 42.5 Å². The lowest BCUT2D eigenvalue weighted by Gasteiger charge is -2.59. The normalized spacial score (nSPS) is 27.9. The maximum absolute atomic E-state index is 6.58. The summed E-state index contributed by atoms with van der Waals surface area (Å²) in [5.41, 5.74) is 1.12. The van der Waals surface area contributed by atoms with E-state index in [0.717, 1.165) is 38.9 Å². The molecule has 1 aliphatic carbocycles. The van der Waals surface area contributed by atoms with Crippen molar-refractivity contribution in [2.75, 3.05) is 19.8 Å². The third-order valence-electron chi connectivity index (χ3n) is 7.17. The highest BCUT2D eigenvalue weighted by Crippen LogP contribution is 2.50. The molecule has 4 nitrogen and oxygen atoms in total. The lowest BCUT2D eigenvalue weighted by atomic mass is 9.74. The standard InChI is InChI=1S/C26H39NO3/c1-21(22-12-8-6-9-13-22)16-30-27-23(2,3)17-26(18-24(27,4)5)28-19-25(20-29-26)14-10-7-11-15-25/h6-10,12-13,21H,11,14-20H2,1-5H3. The van der Waals surface area contributed by atoms with Crippen LogP contribution in [0.2, 0.25) is 0 Å². The van der Waals surface area contributed by atoms with Crippen LogP contribution in [-0.2, 0) is 14.3 Å². The van der Waals surface area contributed by atoms with Gasteiger partial charge in [-0.15, -0.1) is 0 Å². The third-order valence-corrected chi connectivity index (χ3v) is 7.17. The Morgan fingerprint density at radius 1 is 0.967 bits per heavy atom. The molecule has 1 aromatic carbocycles. The SMILES string of the molecule is CC(CON1C(C)(C)CC2(CC1(C)C)OCC1(CC=CCC1)CO2)c1ccccc1. The Labute approximate surface area is 182 Å². The first-order valence-electron chi connectivity index (χ1n) is 11.6. The van der Waals surface area contributed by atoms with E-state index in [4.69, 9.17) is 14.3 Å². The topological polar surface area (TPSA) is 30.9 Å². The monoisotopic (exact) mass is 413 g/mol. The molecule has 0 radical (unpaired) electrons. The molecule has 0 saturated carbocycles. The molecule has 30 heavy (non-hydrogen) atoms. The highest BCUT2D eigenvalue weighted by atomic mass is 16.7. The number of allylic oxidation sites excluding steroid dienone is 2. The van der Waals surface area contributed by atoms with Gasteiger partial charge in [0.25, 0.3) is 0 Å². The van der Waals surface area contributed by atoms with Crippen LogP contribution >= 0.6 is 0 Å². The van der Waals surface area contributed by atoms with Gasteiger partial charge < -0.3 is 9.47 Å². The van der Waals surface area contributed by atoms with E-state index >= 15 is 0 Å². The average Bonchev–Trinajstić information content (AvgIpc) is 2.70. The van der Waals surface area contributed by atoms with Gasteiger partial charge in [0.2, 0.25) is 0 Å². The second-order valence-electron chi connectivity index (χ2n) is 11.1. The lowest BCUT2D eigenvalue weighted by molar-refractivity contribution is -0.383. The largest absolute Gasteiger partial charge is 0.349 e. The number of piperidine rings is 1. The number of rotatable bonds is 4. The molecule has 2 aliphatic heterocycles. The molecule has 1 unspecified atom stereocenters. The minimum absolute atomic E-state index is 0.174. The van der Waals surface area contributed by atoms with Crippen molar-refractivity contribution in [1.82, 2.24) is 5.06 Å². The molecule has 4 rings (SSSR count). The predicted molar refractivity (Wildman–Crippen MR) is 120 cm³/mol. The van der Waals surface area contributed by atoms with Crippen molar-refractivity contribution in [2.24, 2.45) is 5.41 Å². The third kappa shape index (κ3) is 4.38. The fraction of sp³-hybridized carbons (Fsp3) is 0.692. The molecule has 166 valence electrons. The second-order valence-corrected chi connectivity index (χ2v) is 11.1. The molecule has 1 atom stereocenters. The maximum atomic E-state index is 6.58. The van der Waals surface area contributed by atoms with Gasteiger partial charge in [0, 0.05) is 35.3 Å². The Hall–Kier alpha value is -1.20. The van der Waals surface area contributed by atoms with E-state index in [0.29, 0.717) is 12.5 Å². The summed E-state index contributed by atoms with van der Waals surface area (Å²) in [5, 5.41) is 2.21. The van der Waals surface area contributed by atoms with E-state index in [1.54, 1.807) is 0 Å². The lowest BCUT2D eigenvalue weighted by Crippen LogP contribution is -2.68. The molecule has 0 bridgehead atoms. The number of ether oxygens (including phenoxy) is 2. The fourth-order valence-electron chi connectivity index (χ4n) is 5.82. The zero-order valence-electron chi connectivity index (χ0n) is 19.4. The van der Waals surface area contributed by atoms with Crippen molar-refractivity contribution in [1.29, 1.82) is 0 Å². The summed E-state index contributed by atoms with van der Waals surface area (Å²) in [6.07, 6.45) is 9.59. The highest BCUT2D eigenvalue weighted by Gasteiger charge is 2.57. The molecule has 0 aromatic heterocycles. The van der Waals surface area contributed by atoms with Crippen molar-refractivity contribution in [3.8, 4) is 0 Å². The van der Waals surface area contributed by atoms with Gasteiger partial charge in [0.15, 0.2) is 5.79 Å². The van der Waals surface area contributed by atoms with Gasteiger partial charge in [-0.2, -0.15) is 5.06 Å². The average molecular weight is 414 g/mol. The van der Waals surface area contributed by atoms with E-state index in [1.807, 2.05) is 0 Å². The first kappa shape index (κ1) is 22.0. The summed E-state index contributed by atoms with van der Waals surface area (Å²) < 4.78 is 13.2. The van der Waals surface area contributed by atoms with Crippen LogP contribution in [0, 0.1) is 5.41 Å². The Morgan fingerprint density at radius 2 is 1.60 bits per heavy atom. The zero-order valence-corrected chi connectivity index (χ0v) is 19.4.